The van der Waals surface area contributed by atoms with Gasteiger partial charge in [-0.2, -0.15) is 10.2 Å². The Labute approximate surface area is 153 Å². The van der Waals surface area contributed by atoms with Crippen molar-refractivity contribution in [2.45, 2.75) is 27.2 Å². The summed E-state index contributed by atoms with van der Waals surface area (Å²) in [6, 6.07) is 17.7. The van der Waals surface area contributed by atoms with Crippen LogP contribution in [0, 0.1) is 25.2 Å². The predicted molar refractivity (Wildman–Crippen MR) is 105 cm³/mol. The van der Waals surface area contributed by atoms with Crippen LogP contribution in [-0.4, -0.2) is 9.97 Å². The van der Waals surface area contributed by atoms with Crippen LogP contribution in [0.5, 0.6) is 0 Å². The smallest absolute Gasteiger partial charge is 0.229 e. The van der Waals surface area contributed by atoms with E-state index in [4.69, 9.17) is 0 Å². The molecule has 0 amide bonds. The van der Waals surface area contributed by atoms with Crippen molar-refractivity contribution in [2.75, 3.05) is 10.6 Å². The summed E-state index contributed by atoms with van der Waals surface area (Å²) < 4.78 is 0. The van der Waals surface area contributed by atoms with Gasteiger partial charge in [-0.3, -0.25) is 0 Å². The monoisotopic (exact) mass is 343 g/mol. The van der Waals surface area contributed by atoms with Crippen LogP contribution in [0.15, 0.2) is 48.5 Å². The lowest BCUT2D eigenvalue weighted by molar-refractivity contribution is 1.09. The minimum absolute atomic E-state index is 0.460. The van der Waals surface area contributed by atoms with Crippen molar-refractivity contribution in [1.29, 1.82) is 5.26 Å². The maximum Gasteiger partial charge on any atom is 0.229 e. The average molecular weight is 343 g/mol. The van der Waals surface area contributed by atoms with E-state index in [-0.39, 0.29) is 0 Å². The highest BCUT2D eigenvalue weighted by molar-refractivity contribution is 5.67. The second kappa shape index (κ2) is 7.66. The molecule has 0 aliphatic heterocycles. The zero-order valence-electron chi connectivity index (χ0n) is 15.2. The molecule has 0 spiro atoms. The molecule has 1 aromatic heterocycles. The van der Waals surface area contributed by atoms with Crippen LogP contribution in [0.4, 0.5) is 23.1 Å². The molecule has 5 nitrogen and oxygen atoms in total. The zero-order chi connectivity index (χ0) is 18.5. The lowest BCUT2D eigenvalue weighted by Crippen LogP contribution is -2.05. The number of nitrogens with one attached hydrogen (secondary N) is 2. The lowest BCUT2D eigenvalue weighted by Gasteiger charge is -2.15. The van der Waals surface area contributed by atoms with Gasteiger partial charge in [0.1, 0.15) is 11.9 Å². The van der Waals surface area contributed by atoms with Gasteiger partial charge in [0, 0.05) is 17.4 Å². The molecule has 0 bridgehead atoms. The molecule has 0 fully saturated rings. The lowest BCUT2D eigenvalue weighted by atomic mass is 10.1. The number of benzene rings is 2. The summed E-state index contributed by atoms with van der Waals surface area (Å²) in [6.07, 6.45) is 0.939. The first kappa shape index (κ1) is 17.4. The van der Waals surface area contributed by atoms with Gasteiger partial charge in [0.05, 0.1) is 11.3 Å². The summed E-state index contributed by atoms with van der Waals surface area (Å²) >= 11 is 0. The fourth-order valence-electron chi connectivity index (χ4n) is 2.83. The number of para-hydroxylation sites is 2. The van der Waals surface area contributed by atoms with Gasteiger partial charge in [0.25, 0.3) is 0 Å². The minimum atomic E-state index is 0.460. The van der Waals surface area contributed by atoms with Gasteiger partial charge in [-0.05, 0) is 43.5 Å². The molecule has 5 heteroatoms. The summed E-state index contributed by atoms with van der Waals surface area (Å²) in [5.74, 6) is 1.18. The molecule has 0 aliphatic carbocycles. The number of aromatic nitrogens is 2. The largest absolute Gasteiger partial charge is 0.340 e. The van der Waals surface area contributed by atoms with Crippen molar-refractivity contribution >= 4 is 23.1 Å². The molecule has 2 aromatic carbocycles. The third-order valence-electron chi connectivity index (χ3n) is 4.14. The normalized spacial score (nSPS) is 10.2. The second-order valence-electron chi connectivity index (χ2n) is 6.09. The van der Waals surface area contributed by atoms with Gasteiger partial charge < -0.3 is 10.6 Å². The predicted octanol–water partition coefficient (Wildman–Crippen LogP) is 5.01. The first-order chi connectivity index (χ1) is 12.6. The Bertz CT molecular complexity index is 972. The summed E-state index contributed by atoms with van der Waals surface area (Å²) in [6.45, 7) is 6.14. The Morgan fingerprint density at radius 1 is 1.00 bits per heavy atom. The molecule has 0 atom stereocenters. The highest BCUT2D eigenvalue weighted by Crippen LogP contribution is 2.26. The molecule has 0 unspecified atom stereocenters. The highest BCUT2D eigenvalue weighted by Gasteiger charge is 2.09. The van der Waals surface area contributed by atoms with E-state index in [1.807, 2.05) is 31.2 Å². The van der Waals surface area contributed by atoms with E-state index in [9.17, 15) is 5.26 Å². The molecule has 3 aromatic rings. The van der Waals surface area contributed by atoms with Crippen LogP contribution in [0.2, 0.25) is 0 Å². The van der Waals surface area contributed by atoms with Crippen molar-refractivity contribution in [2.24, 2.45) is 0 Å². The Hall–Kier alpha value is -3.39. The van der Waals surface area contributed by atoms with Gasteiger partial charge in [-0.15, -0.1) is 0 Å². The van der Waals surface area contributed by atoms with E-state index in [1.165, 1.54) is 11.1 Å². The topological polar surface area (TPSA) is 73.6 Å². The minimum Gasteiger partial charge on any atom is -0.340 e. The summed E-state index contributed by atoms with van der Waals surface area (Å²) in [4.78, 5) is 9.01. The van der Waals surface area contributed by atoms with Crippen LogP contribution < -0.4 is 10.6 Å². The Kier molecular flexibility index (Phi) is 5.14. The van der Waals surface area contributed by atoms with E-state index >= 15 is 0 Å². The highest BCUT2D eigenvalue weighted by atomic mass is 15.1. The van der Waals surface area contributed by atoms with Crippen LogP contribution in [0.25, 0.3) is 0 Å². The third kappa shape index (κ3) is 3.81. The van der Waals surface area contributed by atoms with Crippen molar-refractivity contribution in [3.05, 3.63) is 70.9 Å². The van der Waals surface area contributed by atoms with E-state index in [0.717, 1.165) is 23.6 Å². The molecule has 1 heterocycles. The van der Waals surface area contributed by atoms with Crippen LogP contribution in [-0.2, 0) is 6.42 Å². The van der Waals surface area contributed by atoms with Crippen LogP contribution in [0.1, 0.15) is 29.3 Å². The van der Waals surface area contributed by atoms with Crippen molar-refractivity contribution in [3.8, 4) is 6.07 Å². The first-order valence-corrected chi connectivity index (χ1v) is 8.58. The van der Waals surface area contributed by atoms with Crippen molar-refractivity contribution in [1.82, 2.24) is 9.97 Å². The summed E-state index contributed by atoms with van der Waals surface area (Å²) in [5, 5.41) is 15.8. The van der Waals surface area contributed by atoms with E-state index in [2.05, 4.69) is 58.7 Å². The molecular formula is C21H21N5. The van der Waals surface area contributed by atoms with Gasteiger partial charge in [-0.1, -0.05) is 37.3 Å². The number of hydrogen-bond acceptors (Lipinski definition) is 5. The maximum atomic E-state index is 9.25. The molecule has 2 N–H and O–H groups in total. The molecular weight excluding hydrogens is 322 g/mol. The van der Waals surface area contributed by atoms with Crippen LogP contribution >= 0.6 is 0 Å². The van der Waals surface area contributed by atoms with Crippen molar-refractivity contribution in [3.63, 3.8) is 0 Å². The number of aryl methyl sites for hydroxylation is 3. The molecule has 0 saturated heterocycles. The maximum absolute atomic E-state index is 9.25. The Morgan fingerprint density at radius 2 is 1.81 bits per heavy atom. The quantitative estimate of drug-likeness (QED) is 0.681. The van der Waals surface area contributed by atoms with Crippen LogP contribution in [0.3, 0.4) is 0 Å². The third-order valence-corrected chi connectivity index (χ3v) is 4.14. The number of nitriles is 1. The molecule has 0 aliphatic rings. The SMILES string of the molecule is CCc1cccc(C)c1Nc1cc(C)nc(Nc2ccccc2C#N)n1. The van der Waals surface area contributed by atoms with E-state index < -0.39 is 0 Å². The van der Waals surface area contributed by atoms with Gasteiger partial charge in [-0.25, -0.2) is 4.98 Å². The number of nitrogens with zero attached hydrogens (tertiary/aromatic N) is 3. The Morgan fingerprint density at radius 3 is 2.58 bits per heavy atom. The molecule has 130 valence electrons. The fraction of sp³-hybridized carbons (Fsp3) is 0.190. The average Bonchev–Trinajstić information content (AvgIpc) is 2.63. The molecule has 26 heavy (non-hydrogen) atoms. The summed E-state index contributed by atoms with van der Waals surface area (Å²) in [5.41, 5.74) is 5.58. The molecule has 0 radical (unpaired) electrons. The van der Waals surface area contributed by atoms with Gasteiger partial charge >= 0.3 is 0 Å². The zero-order valence-corrected chi connectivity index (χ0v) is 15.2. The molecule has 3 rings (SSSR count). The number of anilines is 4. The number of hydrogen-bond donors (Lipinski definition) is 2. The molecule has 0 saturated carbocycles. The van der Waals surface area contributed by atoms with Crippen molar-refractivity contribution < 1.29 is 0 Å². The number of rotatable bonds is 5. The van der Waals surface area contributed by atoms with E-state index in [1.54, 1.807) is 6.07 Å². The standard InChI is InChI=1S/C21H21N5/c1-4-16-10-7-8-14(2)20(16)25-19-12-15(3)23-21(26-19)24-18-11-6-5-9-17(18)13-22/h5-12H,4H2,1-3H3,(H2,23,24,25,26). The first-order valence-electron chi connectivity index (χ1n) is 8.58. The Balaban J connectivity index is 1.93. The van der Waals surface area contributed by atoms with E-state index in [0.29, 0.717) is 17.2 Å². The second-order valence-corrected chi connectivity index (χ2v) is 6.09. The van der Waals surface area contributed by atoms with Gasteiger partial charge in [0.15, 0.2) is 0 Å². The fourth-order valence-corrected chi connectivity index (χ4v) is 2.83. The summed E-state index contributed by atoms with van der Waals surface area (Å²) in [7, 11) is 0. The van der Waals surface area contributed by atoms with Gasteiger partial charge in [0.2, 0.25) is 5.95 Å².